The van der Waals surface area contributed by atoms with Crippen LogP contribution in [0.15, 0.2) is 48.3 Å². The van der Waals surface area contributed by atoms with Crippen molar-refractivity contribution >= 4 is 17.4 Å². The van der Waals surface area contributed by atoms with Gasteiger partial charge in [-0.2, -0.15) is 0 Å². The molecule has 3 nitrogen and oxygen atoms in total. The number of aromatic nitrogens is 1. The van der Waals surface area contributed by atoms with Crippen molar-refractivity contribution < 1.29 is 8.78 Å². The third kappa shape index (κ3) is 3.60. The van der Waals surface area contributed by atoms with E-state index in [9.17, 15) is 8.78 Å². The Morgan fingerprint density at radius 2 is 1.93 bits per heavy atom. The highest BCUT2D eigenvalue weighted by molar-refractivity contribution is 8.02. The van der Waals surface area contributed by atoms with Crippen molar-refractivity contribution in [2.24, 2.45) is 11.7 Å². The molecule has 1 unspecified atom stereocenters. The summed E-state index contributed by atoms with van der Waals surface area (Å²) in [4.78, 5) is 6.22. The monoisotopic (exact) mass is 387 g/mol. The second kappa shape index (κ2) is 7.60. The Kier molecular flexibility index (Phi) is 5.19. The van der Waals surface area contributed by atoms with E-state index in [0.29, 0.717) is 11.8 Å². The molecule has 1 aromatic carbocycles. The van der Waals surface area contributed by atoms with Gasteiger partial charge in [-0.25, -0.2) is 8.78 Å². The molecule has 1 aliphatic heterocycles. The Balaban J connectivity index is 1.72. The summed E-state index contributed by atoms with van der Waals surface area (Å²) in [5, 5.41) is 1.39. The molecule has 1 fully saturated rings. The van der Waals surface area contributed by atoms with Crippen molar-refractivity contribution in [2.45, 2.75) is 43.5 Å². The first kappa shape index (κ1) is 18.4. The van der Waals surface area contributed by atoms with Crippen LogP contribution < -0.4 is 10.6 Å². The molecule has 27 heavy (non-hydrogen) atoms. The van der Waals surface area contributed by atoms with Gasteiger partial charge in [0.2, 0.25) is 0 Å². The minimum absolute atomic E-state index is 0.0796. The maximum atomic E-state index is 14.4. The molecule has 0 radical (unpaired) electrons. The molecule has 6 heteroatoms. The van der Waals surface area contributed by atoms with Crippen molar-refractivity contribution in [1.29, 1.82) is 0 Å². The van der Waals surface area contributed by atoms with Gasteiger partial charge in [-0.3, -0.25) is 4.98 Å². The number of hydrogen-bond donors (Lipinski definition) is 1. The van der Waals surface area contributed by atoms with Crippen LogP contribution in [0.5, 0.6) is 0 Å². The largest absolute Gasteiger partial charge is 0.329 e. The van der Waals surface area contributed by atoms with E-state index in [0.717, 1.165) is 30.5 Å². The van der Waals surface area contributed by atoms with Gasteiger partial charge in [0.15, 0.2) is 0 Å². The van der Waals surface area contributed by atoms with E-state index in [2.05, 4.69) is 11.9 Å². The van der Waals surface area contributed by atoms with Crippen molar-refractivity contribution in [3.05, 3.63) is 71.0 Å². The minimum Gasteiger partial charge on any atom is -0.329 e. The molecule has 1 saturated carbocycles. The van der Waals surface area contributed by atoms with Gasteiger partial charge in [0, 0.05) is 18.4 Å². The third-order valence-corrected chi connectivity index (χ3v) is 6.46. The van der Waals surface area contributed by atoms with E-state index in [4.69, 9.17) is 5.73 Å². The molecule has 0 bridgehead atoms. The Morgan fingerprint density at radius 3 is 2.67 bits per heavy atom. The normalized spacial score (nSPS) is 27.9. The Hall–Kier alpha value is -1.92. The van der Waals surface area contributed by atoms with E-state index in [-0.39, 0.29) is 11.6 Å². The average molecular weight is 387 g/mol. The molecule has 1 aromatic heterocycles. The lowest BCUT2D eigenvalue weighted by Crippen LogP contribution is -2.31. The summed E-state index contributed by atoms with van der Waals surface area (Å²) in [6.07, 6.45) is 8.49. The van der Waals surface area contributed by atoms with Crippen molar-refractivity contribution in [2.75, 3.05) is 4.90 Å². The number of rotatable bonds is 3. The molecule has 4 atom stereocenters. The predicted octanol–water partition coefficient (Wildman–Crippen LogP) is 5.31. The molecule has 0 amide bonds. The van der Waals surface area contributed by atoms with Gasteiger partial charge in [-0.1, -0.05) is 13.0 Å². The molecule has 2 aliphatic rings. The van der Waals surface area contributed by atoms with Crippen LogP contribution in [0.25, 0.3) is 0 Å². The van der Waals surface area contributed by atoms with E-state index in [1.165, 1.54) is 30.0 Å². The molecule has 0 spiro atoms. The Labute approximate surface area is 162 Å². The maximum absolute atomic E-state index is 14.4. The number of nitrogens with zero attached hydrogens (tertiary/aromatic N) is 2. The van der Waals surface area contributed by atoms with Crippen LogP contribution in [0.2, 0.25) is 0 Å². The lowest BCUT2D eigenvalue weighted by molar-refractivity contribution is 0.308. The minimum atomic E-state index is -0.528. The summed E-state index contributed by atoms with van der Waals surface area (Å²) in [7, 11) is 0. The molecule has 2 N–H and O–H groups in total. The molecule has 0 saturated heterocycles. The number of pyridine rings is 1. The summed E-state index contributed by atoms with van der Waals surface area (Å²) in [5.41, 5.74) is 8.40. The molecule has 1 aliphatic carbocycles. The quantitative estimate of drug-likeness (QED) is 0.775. The lowest BCUT2D eigenvalue weighted by atomic mass is 9.76. The van der Waals surface area contributed by atoms with Crippen LogP contribution in [0, 0.1) is 17.6 Å². The van der Waals surface area contributed by atoms with Crippen LogP contribution in [0.1, 0.15) is 48.6 Å². The van der Waals surface area contributed by atoms with Crippen molar-refractivity contribution in [3.63, 3.8) is 0 Å². The zero-order valence-electron chi connectivity index (χ0n) is 15.2. The fraction of sp³-hybridized carbons (Fsp3) is 0.381. The molecule has 142 valence electrons. The number of hydrogen-bond acceptors (Lipinski definition) is 4. The predicted molar refractivity (Wildman–Crippen MR) is 106 cm³/mol. The van der Waals surface area contributed by atoms with Gasteiger partial charge in [0.25, 0.3) is 0 Å². The molecule has 4 rings (SSSR count). The summed E-state index contributed by atoms with van der Waals surface area (Å²) in [5.74, 6) is -0.171. The van der Waals surface area contributed by atoms with Crippen LogP contribution in [-0.4, -0.2) is 11.0 Å². The number of halogens is 2. The van der Waals surface area contributed by atoms with E-state index in [1.54, 1.807) is 12.4 Å². The first-order valence-corrected chi connectivity index (χ1v) is 10.2. The van der Waals surface area contributed by atoms with E-state index >= 15 is 0 Å². The van der Waals surface area contributed by atoms with Gasteiger partial charge in [-0.15, -0.1) is 11.8 Å². The third-order valence-electron chi connectivity index (χ3n) is 5.46. The van der Waals surface area contributed by atoms with Crippen molar-refractivity contribution in [3.8, 4) is 0 Å². The highest BCUT2D eigenvalue weighted by Gasteiger charge is 2.33. The topological polar surface area (TPSA) is 42.1 Å². The molecular weight excluding hydrogens is 364 g/mol. The maximum Gasteiger partial charge on any atom is 0.132 e. The summed E-state index contributed by atoms with van der Waals surface area (Å²) in [6.45, 7) is 2.23. The number of thioether (sulfide) groups is 1. The standard InChI is InChI=1S/C21H23F2N3S/c1-13-9-14(11-15(24)10-13)16-5-6-25-12-19(16)26-7-8-27-21(26)20-17(22)3-2-4-18(20)23/h2-8,12-15,21H,9-11,24H2,1H3/t13-,14+,15-,21?/m0/s1. The van der Waals surface area contributed by atoms with Crippen LogP contribution >= 0.6 is 11.8 Å². The van der Waals surface area contributed by atoms with Gasteiger partial charge in [0.05, 0.1) is 17.4 Å². The van der Waals surface area contributed by atoms with Gasteiger partial charge in [0.1, 0.15) is 17.0 Å². The first-order valence-electron chi connectivity index (χ1n) is 9.28. The van der Waals surface area contributed by atoms with Crippen LogP contribution in [0.4, 0.5) is 14.5 Å². The highest BCUT2D eigenvalue weighted by Crippen LogP contribution is 2.47. The zero-order valence-corrected chi connectivity index (χ0v) is 16.0. The Bertz CT molecular complexity index is 827. The average Bonchev–Trinajstić information content (AvgIpc) is 3.10. The number of nitrogens with two attached hydrogens (primary N) is 1. The van der Waals surface area contributed by atoms with Gasteiger partial charge in [-0.05, 0) is 60.3 Å². The van der Waals surface area contributed by atoms with E-state index < -0.39 is 17.0 Å². The van der Waals surface area contributed by atoms with Crippen molar-refractivity contribution in [1.82, 2.24) is 4.98 Å². The summed E-state index contributed by atoms with van der Waals surface area (Å²) in [6, 6.07) is 6.22. The SMILES string of the molecule is C[C@@H]1C[C@H](N)C[C@H](c2ccncc2N2C=CSC2c2c(F)cccc2F)C1. The first-order chi connectivity index (χ1) is 13.0. The molecule has 2 heterocycles. The fourth-order valence-electron chi connectivity index (χ4n) is 4.35. The van der Waals surface area contributed by atoms with Gasteiger partial charge >= 0.3 is 0 Å². The Morgan fingerprint density at radius 1 is 1.15 bits per heavy atom. The van der Waals surface area contributed by atoms with E-state index in [1.807, 2.05) is 22.6 Å². The molecule has 2 aromatic rings. The zero-order chi connectivity index (χ0) is 19.0. The second-order valence-corrected chi connectivity index (χ2v) is 8.51. The summed E-state index contributed by atoms with van der Waals surface area (Å²) < 4.78 is 28.8. The van der Waals surface area contributed by atoms with Crippen LogP contribution in [-0.2, 0) is 0 Å². The highest BCUT2D eigenvalue weighted by atomic mass is 32.2. The number of benzene rings is 1. The lowest BCUT2D eigenvalue weighted by Gasteiger charge is -2.35. The summed E-state index contributed by atoms with van der Waals surface area (Å²) >= 11 is 1.40. The fourth-order valence-corrected chi connectivity index (χ4v) is 5.37. The molecular formula is C21H23F2N3S. The smallest absolute Gasteiger partial charge is 0.132 e. The van der Waals surface area contributed by atoms with Gasteiger partial charge < -0.3 is 10.6 Å². The van der Waals surface area contributed by atoms with Crippen LogP contribution in [0.3, 0.4) is 0 Å². The second-order valence-electron chi connectivity index (χ2n) is 7.52. The number of anilines is 1.